The Morgan fingerprint density at radius 2 is 1.75 bits per heavy atom. The minimum Gasteiger partial charge on any atom is -0.386 e. The van der Waals surface area contributed by atoms with Gasteiger partial charge < -0.3 is 10.8 Å². The summed E-state index contributed by atoms with van der Waals surface area (Å²) < 4.78 is 0. The first-order valence-corrected chi connectivity index (χ1v) is 9.59. The first-order chi connectivity index (χ1) is 13.3. The molecule has 0 aliphatic carbocycles. The summed E-state index contributed by atoms with van der Waals surface area (Å²) in [7, 11) is 0. The zero-order chi connectivity index (χ0) is 19.9. The van der Waals surface area contributed by atoms with E-state index >= 15 is 0 Å². The van der Waals surface area contributed by atoms with Gasteiger partial charge in [-0.1, -0.05) is 36.4 Å². The Kier molecular flexibility index (Phi) is 4.52. The van der Waals surface area contributed by atoms with E-state index in [0.717, 1.165) is 40.2 Å². The summed E-state index contributed by atoms with van der Waals surface area (Å²) in [6.45, 7) is 5.73. The molecular weight excluding hydrogens is 346 g/mol. The Bertz CT molecular complexity index is 1180. The number of anilines is 1. The van der Waals surface area contributed by atoms with Crippen LogP contribution in [-0.2, 0) is 18.4 Å². The lowest BCUT2D eigenvalue weighted by Gasteiger charge is -2.19. The van der Waals surface area contributed by atoms with Gasteiger partial charge in [0.1, 0.15) is 5.52 Å². The molecule has 0 unspecified atom stereocenters. The summed E-state index contributed by atoms with van der Waals surface area (Å²) in [5, 5.41) is 12.4. The molecule has 2 aromatic carbocycles. The first kappa shape index (κ1) is 18.4. The summed E-state index contributed by atoms with van der Waals surface area (Å²) in [5.74, 6) is 0.473. The number of hydrogen-bond acceptors (Lipinski definition) is 4. The second-order valence-electron chi connectivity index (χ2n) is 7.91. The van der Waals surface area contributed by atoms with Gasteiger partial charge in [0, 0.05) is 17.0 Å². The van der Waals surface area contributed by atoms with E-state index in [0.29, 0.717) is 5.82 Å². The molecule has 4 aromatic rings. The van der Waals surface area contributed by atoms with Gasteiger partial charge in [0.15, 0.2) is 5.82 Å². The molecule has 2 aromatic heterocycles. The van der Waals surface area contributed by atoms with Gasteiger partial charge in [-0.2, -0.15) is 0 Å². The summed E-state index contributed by atoms with van der Waals surface area (Å²) in [5.41, 5.74) is 11.7. The highest BCUT2D eigenvalue weighted by Gasteiger charge is 2.17. The normalized spacial score (nSPS) is 12.0. The fourth-order valence-corrected chi connectivity index (χ4v) is 3.80. The number of fused-ring (bicyclic) bond motifs is 3. The number of nitrogens with two attached hydrogens (primary N) is 1. The Morgan fingerprint density at radius 3 is 2.50 bits per heavy atom. The number of rotatable bonds is 4. The lowest BCUT2D eigenvalue weighted by molar-refractivity contribution is 0.0785. The van der Waals surface area contributed by atoms with Gasteiger partial charge >= 0.3 is 0 Å². The van der Waals surface area contributed by atoms with Crippen molar-refractivity contribution in [2.24, 2.45) is 0 Å². The van der Waals surface area contributed by atoms with Crippen LogP contribution in [0, 0.1) is 6.92 Å². The van der Waals surface area contributed by atoms with E-state index < -0.39 is 5.60 Å². The lowest BCUT2D eigenvalue weighted by atomic mass is 9.92. The molecule has 0 saturated heterocycles. The van der Waals surface area contributed by atoms with Crippen molar-refractivity contribution in [1.29, 1.82) is 0 Å². The molecule has 4 rings (SSSR count). The van der Waals surface area contributed by atoms with Crippen LogP contribution in [0.4, 0.5) is 5.82 Å². The van der Waals surface area contributed by atoms with Gasteiger partial charge in [-0.25, -0.2) is 4.98 Å². The van der Waals surface area contributed by atoms with Crippen molar-refractivity contribution in [3.05, 3.63) is 77.0 Å². The number of nitrogen functional groups attached to an aromatic ring is 1. The molecule has 0 atom stereocenters. The van der Waals surface area contributed by atoms with Crippen molar-refractivity contribution in [3.8, 4) is 0 Å². The quantitative estimate of drug-likeness (QED) is 0.511. The molecule has 0 saturated carbocycles. The minimum absolute atomic E-state index is 0.473. The van der Waals surface area contributed by atoms with Crippen LogP contribution in [0.25, 0.3) is 21.8 Å². The zero-order valence-corrected chi connectivity index (χ0v) is 16.5. The molecule has 0 radical (unpaired) electrons. The molecule has 0 aliphatic heterocycles. The maximum absolute atomic E-state index is 10.2. The number of aliphatic hydroxyl groups is 1. The molecule has 0 spiro atoms. The molecule has 3 N–H and O–H groups in total. The number of nitrogens with zero attached hydrogens (tertiary/aromatic N) is 2. The number of aromatic nitrogens is 2. The zero-order valence-electron chi connectivity index (χ0n) is 16.5. The van der Waals surface area contributed by atoms with Crippen LogP contribution in [-0.4, -0.2) is 15.1 Å². The molecule has 0 fully saturated rings. The van der Waals surface area contributed by atoms with Gasteiger partial charge in [0.05, 0.1) is 11.1 Å². The highest BCUT2D eigenvalue weighted by Crippen LogP contribution is 2.30. The Morgan fingerprint density at radius 1 is 1.00 bits per heavy atom. The average Bonchev–Trinajstić information content (AvgIpc) is 2.66. The summed E-state index contributed by atoms with van der Waals surface area (Å²) >= 11 is 0. The number of pyridine rings is 2. The predicted octanol–water partition coefficient (Wildman–Crippen LogP) is 4.69. The number of benzene rings is 2. The molecule has 4 heteroatoms. The van der Waals surface area contributed by atoms with E-state index in [9.17, 15) is 5.11 Å². The van der Waals surface area contributed by atoms with E-state index in [2.05, 4.69) is 41.2 Å². The first-order valence-electron chi connectivity index (χ1n) is 9.59. The SMILES string of the molecule is Cc1cc(C(C)(C)O)ccc1CCc1ccnc2c(N)nc3ccccc3c12. The van der Waals surface area contributed by atoms with E-state index in [1.807, 2.05) is 44.3 Å². The van der Waals surface area contributed by atoms with Crippen molar-refractivity contribution >= 4 is 27.6 Å². The highest BCUT2D eigenvalue weighted by atomic mass is 16.3. The van der Waals surface area contributed by atoms with Crippen molar-refractivity contribution in [3.63, 3.8) is 0 Å². The van der Waals surface area contributed by atoms with Crippen LogP contribution in [0.1, 0.15) is 36.1 Å². The Balaban J connectivity index is 1.73. The maximum Gasteiger partial charge on any atom is 0.150 e. The molecular formula is C24H25N3O. The van der Waals surface area contributed by atoms with E-state index in [-0.39, 0.29) is 0 Å². The topological polar surface area (TPSA) is 72.0 Å². The van der Waals surface area contributed by atoms with Crippen molar-refractivity contribution in [2.45, 2.75) is 39.2 Å². The molecule has 0 bridgehead atoms. The lowest BCUT2D eigenvalue weighted by Crippen LogP contribution is -2.15. The molecule has 0 amide bonds. The largest absolute Gasteiger partial charge is 0.386 e. The van der Waals surface area contributed by atoms with E-state index in [1.165, 1.54) is 16.7 Å². The number of para-hydroxylation sites is 1. The Labute approximate surface area is 165 Å². The number of hydrogen-bond donors (Lipinski definition) is 2. The number of aryl methyl sites for hydroxylation is 3. The predicted molar refractivity (Wildman–Crippen MR) is 115 cm³/mol. The molecule has 4 nitrogen and oxygen atoms in total. The van der Waals surface area contributed by atoms with Gasteiger partial charge in [-0.15, -0.1) is 0 Å². The van der Waals surface area contributed by atoms with Crippen LogP contribution >= 0.6 is 0 Å². The maximum atomic E-state index is 10.2. The van der Waals surface area contributed by atoms with Crippen LogP contribution in [0.15, 0.2) is 54.7 Å². The minimum atomic E-state index is -0.825. The van der Waals surface area contributed by atoms with Crippen LogP contribution < -0.4 is 5.73 Å². The fourth-order valence-electron chi connectivity index (χ4n) is 3.80. The summed E-state index contributed by atoms with van der Waals surface area (Å²) in [6, 6.07) is 16.4. The average molecular weight is 371 g/mol. The highest BCUT2D eigenvalue weighted by molar-refractivity contribution is 6.09. The van der Waals surface area contributed by atoms with Crippen LogP contribution in [0.3, 0.4) is 0 Å². The third-order valence-corrected chi connectivity index (χ3v) is 5.41. The summed E-state index contributed by atoms with van der Waals surface area (Å²) in [6.07, 6.45) is 3.61. The fraction of sp³-hybridized carbons (Fsp3) is 0.250. The molecule has 0 aliphatic rings. The standard InChI is InChI=1S/C24H25N3O/c1-15-14-18(24(2,3)28)11-10-16(15)8-9-17-12-13-26-22-21(17)19-6-4-5-7-20(19)27-23(22)25/h4-7,10-14,28H,8-9H2,1-3H3,(H2,25,27). The van der Waals surface area contributed by atoms with E-state index in [1.54, 1.807) is 0 Å². The summed E-state index contributed by atoms with van der Waals surface area (Å²) in [4.78, 5) is 8.99. The van der Waals surface area contributed by atoms with E-state index in [4.69, 9.17) is 5.73 Å². The van der Waals surface area contributed by atoms with Crippen LogP contribution in [0.2, 0.25) is 0 Å². The van der Waals surface area contributed by atoms with Gasteiger partial charge in [-0.3, -0.25) is 4.98 Å². The smallest absolute Gasteiger partial charge is 0.150 e. The monoisotopic (exact) mass is 371 g/mol. The second kappa shape index (κ2) is 6.88. The molecule has 28 heavy (non-hydrogen) atoms. The molecule has 142 valence electrons. The third kappa shape index (κ3) is 3.32. The van der Waals surface area contributed by atoms with Crippen molar-refractivity contribution < 1.29 is 5.11 Å². The Hall–Kier alpha value is -2.98. The van der Waals surface area contributed by atoms with Crippen molar-refractivity contribution in [1.82, 2.24) is 9.97 Å². The van der Waals surface area contributed by atoms with Crippen LogP contribution in [0.5, 0.6) is 0 Å². The van der Waals surface area contributed by atoms with Gasteiger partial charge in [0.2, 0.25) is 0 Å². The second-order valence-corrected chi connectivity index (χ2v) is 7.91. The third-order valence-electron chi connectivity index (χ3n) is 5.41. The van der Waals surface area contributed by atoms with Gasteiger partial charge in [0.25, 0.3) is 0 Å². The molecule has 2 heterocycles. The van der Waals surface area contributed by atoms with Crippen molar-refractivity contribution in [2.75, 3.05) is 5.73 Å². The van der Waals surface area contributed by atoms with Gasteiger partial charge in [-0.05, 0) is 68.0 Å².